The first-order valence-electron chi connectivity index (χ1n) is 6.37. The number of halogens is 1. The zero-order chi connectivity index (χ0) is 12.1. The van der Waals surface area contributed by atoms with Crippen LogP contribution < -0.4 is 10.1 Å². The maximum Gasteiger partial charge on any atom is 0.118 e. The van der Waals surface area contributed by atoms with E-state index in [9.17, 15) is 0 Å². The smallest absolute Gasteiger partial charge is 0.118 e. The van der Waals surface area contributed by atoms with Gasteiger partial charge >= 0.3 is 0 Å². The lowest BCUT2D eigenvalue weighted by molar-refractivity contribution is 0.214. The number of rotatable bonds is 3. The van der Waals surface area contributed by atoms with Crippen LogP contribution in [0.3, 0.4) is 0 Å². The van der Waals surface area contributed by atoms with Crippen LogP contribution >= 0.6 is 12.4 Å². The monoisotopic (exact) mass is 270 g/mol. The van der Waals surface area contributed by atoms with E-state index in [2.05, 4.69) is 29.3 Å². The van der Waals surface area contributed by atoms with Gasteiger partial charge in [0.1, 0.15) is 5.75 Å². The van der Waals surface area contributed by atoms with Crippen LogP contribution in [-0.4, -0.2) is 37.7 Å². The molecule has 1 unspecified atom stereocenters. The molecule has 0 aromatic heterocycles. The van der Waals surface area contributed by atoms with Crippen molar-refractivity contribution in [1.82, 2.24) is 10.2 Å². The van der Waals surface area contributed by atoms with E-state index in [1.165, 1.54) is 18.5 Å². The van der Waals surface area contributed by atoms with Gasteiger partial charge in [-0.05, 0) is 37.6 Å². The fraction of sp³-hybridized carbons (Fsp3) is 0.571. The normalized spacial score (nSPS) is 20.9. The summed E-state index contributed by atoms with van der Waals surface area (Å²) in [5.41, 5.74) is 1.36. The molecule has 1 aromatic carbocycles. The van der Waals surface area contributed by atoms with Gasteiger partial charge in [-0.2, -0.15) is 0 Å². The number of methoxy groups -OCH3 is 1. The molecule has 1 aliphatic heterocycles. The van der Waals surface area contributed by atoms with E-state index < -0.39 is 0 Å². The van der Waals surface area contributed by atoms with Gasteiger partial charge in [0, 0.05) is 25.7 Å². The van der Waals surface area contributed by atoms with Crippen LogP contribution in [0.25, 0.3) is 0 Å². The van der Waals surface area contributed by atoms with Gasteiger partial charge < -0.3 is 10.1 Å². The van der Waals surface area contributed by atoms with Crippen LogP contribution in [0.15, 0.2) is 24.3 Å². The van der Waals surface area contributed by atoms with Gasteiger partial charge in [-0.3, -0.25) is 4.90 Å². The van der Waals surface area contributed by atoms with E-state index in [0.717, 1.165) is 25.4 Å². The molecule has 102 valence electrons. The van der Waals surface area contributed by atoms with Crippen LogP contribution in [0, 0.1) is 0 Å². The zero-order valence-corrected chi connectivity index (χ0v) is 12.0. The second-order valence-corrected chi connectivity index (χ2v) is 4.73. The molecule has 0 bridgehead atoms. The fourth-order valence-corrected chi connectivity index (χ4v) is 2.27. The molecule has 1 atom stereocenters. The van der Waals surface area contributed by atoms with Crippen molar-refractivity contribution in [3.8, 4) is 5.75 Å². The van der Waals surface area contributed by atoms with Crippen molar-refractivity contribution in [2.24, 2.45) is 0 Å². The summed E-state index contributed by atoms with van der Waals surface area (Å²) < 4.78 is 5.18. The van der Waals surface area contributed by atoms with E-state index >= 15 is 0 Å². The first-order chi connectivity index (χ1) is 8.29. The predicted molar refractivity (Wildman–Crippen MR) is 77.6 cm³/mol. The SMILES string of the molecule is COc1ccc(CN2CCCNCC2C)cc1.Cl. The highest BCUT2D eigenvalue weighted by molar-refractivity contribution is 5.85. The molecule has 0 saturated carbocycles. The third-order valence-electron chi connectivity index (χ3n) is 3.41. The van der Waals surface area contributed by atoms with Gasteiger partial charge in [-0.25, -0.2) is 0 Å². The Morgan fingerprint density at radius 3 is 2.72 bits per heavy atom. The molecule has 1 saturated heterocycles. The van der Waals surface area contributed by atoms with E-state index in [1.807, 2.05) is 12.1 Å². The molecule has 3 nitrogen and oxygen atoms in total. The van der Waals surface area contributed by atoms with Crippen molar-refractivity contribution in [2.45, 2.75) is 25.9 Å². The third kappa shape index (κ3) is 4.16. The van der Waals surface area contributed by atoms with E-state index in [1.54, 1.807) is 7.11 Å². The summed E-state index contributed by atoms with van der Waals surface area (Å²) in [6.07, 6.45) is 1.24. The number of nitrogens with zero attached hydrogens (tertiary/aromatic N) is 1. The Bertz CT molecular complexity index is 342. The first-order valence-corrected chi connectivity index (χ1v) is 6.37. The summed E-state index contributed by atoms with van der Waals surface area (Å²) in [7, 11) is 1.71. The predicted octanol–water partition coefficient (Wildman–Crippen LogP) is 2.30. The van der Waals surface area contributed by atoms with Crippen molar-refractivity contribution < 1.29 is 4.74 Å². The number of nitrogens with one attached hydrogen (secondary N) is 1. The summed E-state index contributed by atoms with van der Waals surface area (Å²) >= 11 is 0. The second kappa shape index (κ2) is 7.62. The second-order valence-electron chi connectivity index (χ2n) is 4.73. The van der Waals surface area contributed by atoms with Gasteiger partial charge in [0.05, 0.1) is 7.11 Å². The summed E-state index contributed by atoms with van der Waals surface area (Å²) in [5.74, 6) is 0.930. The largest absolute Gasteiger partial charge is 0.497 e. The van der Waals surface area contributed by atoms with E-state index in [-0.39, 0.29) is 12.4 Å². The highest BCUT2D eigenvalue weighted by Gasteiger charge is 2.16. The molecular weight excluding hydrogens is 248 g/mol. The minimum absolute atomic E-state index is 0. The van der Waals surface area contributed by atoms with Crippen LogP contribution in [0.5, 0.6) is 5.75 Å². The van der Waals surface area contributed by atoms with E-state index in [0.29, 0.717) is 6.04 Å². The molecule has 1 aliphatic rings. The lowest BCUT2D eigenvalue weighted by atomic mass is 10.1. The molecule has 0 spiro atoms. The Labute approximate surface area is 116 Å². The molecule has 4 heteroatoms. The molecule has 0 amide bonds. The Hall–Kier alpha value is -0.770. The third-order valence-corrected chi connectivity index (χ3v) is 3.41. The summed E-state index contributed by atoms with van der Waals surface area (Å²) in [5, 5.41) is 3.47. The summed E-state index contributed by atoms with van der Waals surface area (Å²) in [6.45, 7) is 6.74. The summed E-state index contributed by atoms with van der Waals surface area (Å²) in [6, 6.07) is 9.00. The molecule has 1 fully saturated rings. The van der Waals surface area contributed by atoms with Crippen molar-refractivity contribution in [2.75, 3.05) is 26.7 Å². The van der Waals surface area contributed by atoms with Gasteiger partial charge in [0.2, 0.25) is 0 Å². The maximum absolute atomic E-state index is 5.18. The highest BCUT2D eigenvalue weighted by Crippen LogP contribution is 2.15. The molecule has 1 heterocycles. The van der Waals surface area contributed by atoms with Crippen LogP contribution in [0.4, 0.5) is 0 Å². The first kappa shape index (κ1) is 15.3. The lowest BCUT2D eigenvalue weighted by Gasteiger charge is -2.26. The van der Waals surface area contributed by atoms with Crippen LogP contribution in [0.1, 0.15) is 18.9 Å². The minimum atomic E-state index is 0. The van der Waals surface area contributed by atoms with Crippen LogP contribution in [-0.2, 0) is 6.54 Å². The topological polar surface area (TPSA) is 24.5 Å². The van der Waals surface area contributed by atoms with Crippen molar-refractivity contribution in [3.63, 3.8) is 0 Å². The Morgan fingerprint density at radius 1 is 1.33 bits per heavy atom. The number of ether oxygens (including phenoxy) is 1. The average Bonchev–Trinajstić information content (AvgIpc) is 2.56. The molecule has 0 aliphatic carbocycles. The molecule has 1 N–H and O–H groups in total. The molecule has 18 heavy (non-hydrogen) atoms. The van der Waals surface area contributed by atoms with Gasteiger partial charge in [0.15, 0.2) is 0 Å². The van der Waals surface area contributed by atoms with Crippen LogP contribution in [0.2, 0.25) is 0 Å². The summed E-state index contributed by atoms with van der Waals surface area (Å²) in [4.78, 5) is 2.54. The Balaban J connectivity index is 0.00000162. The highest BCUT2D eigenvalue weighted by atomic mass is 35.5. The quantitative estimate of drug-likeness (QED) is 0.912. The van der Waals surface area contributed by atoms with Gasteiger partial charge in [0.25, 0.3) is 0 Å². The fourth-order valence-electron chi connectivity index (χ4n) is 2.27. The molecule has 2 rings (SSSR count). The van der Waals surface area contributed by atoms with Gasteiger partial charge in [-0.1, -0.05) is 12.1 Å². The standard InChI is InChI=1S/C14H22N2O.ClH/c1-12-10-15-8-3-9-16(12)11-13-4-6-14(17-2)7-5-13;/h4-7,12,15H,3,8-11H2,1-2H3;1H. The zero-order valence-electron chi connectivity index (χ0n) is 11.2. The molecule has 1 aromatic rings. The Morgan fingerprint density at radius 2 is 2.06 bits per heavy atom. The maximum atomic E-state index is 5.18. The molecular formula is C14H23ClN2O. The minimum Gasteiger partial charge on any atom is -0.497 e. The van der Waals surface area contributed by atoms with Crippen molar-refractivity contribution in [3.05, 3.63) is 29.8 Å². The van der Waals surface area contributed by atoms with Gasteiger partial charge in [-0.15, -0.1) is 12.4 Å². The lowest BCUT2D eigenvalue weighted by Crippen LogP contribution is -2.36. The van der Waals surface area contributed by atoms with E-state index in [4.69, 9.17) is 4.74 Å². The van der Waals surface area contributed by atoms with Crippen molar-refractivity contribution >= 4 is 12.4 Å². The average molecular weight is 271 g/mol. The number of hydrogen-bond donors (Lipinski definition) is 1. The van der Waals surface area contributed by atoms with Crippen molar-refractivity contribution in [1.29, 1.82) is 0 Å². The Kier molecular flexibility index (Phi) is 6.47. The molecule has 0 radical (unpaired) electrons. The number of hydrogen-bond acceptors (Lipinski definition) is 3. The number of benzene rings is 1.